The van der Waals surface area contributed by atoms with Crippen molar-refractivity contribution >= 4 is 15.8 Å². The zero-order valence-corrected chi connectivity index (χ0v) is 11.3. The van der Waals surface area contributed by atoms with Crippen molar-refractivity contribution in [2.24, 2.45) is 7.05 Å². The smallest absolute Gasteiger partial charge is 0.260 e. The monoisotopic (exact) mass is 260 g/mol. The summed E-state index contributed by atoms with van der Waals surface area (Å²) in [6.45, 7) is 3.92. The maximum Gasteiger partial charge on any atom is 0.260 e. The summed E-state index contributed by atoms with van der Waals surface area (Å²) < 4.78 is 28.1. The van der Waals surface area contributed by atoms with Gasteiger partial charge in [0.05, 0.1) is 6.33 Å². The summed E-state index contributed by atoms with van der Waals surface area (Å²) in [5.41, 5.74) is 5.55. The lowest BCUT2D eigenvalue weighted by Crippen LogP contribution is -2.34. The largest absolute Gasteiger partial charge is 0.381 e. The first-order chi connectivity index (χ1) is 7.88. The molecule has 0 aromatic carbocycles. The van der Waals surface area contributed by atoms with Gasteiger partial charge in [0, 0.05) is 13.1 Å². The summed E-state index contributed by atoms with van der Waals surface area (Å²) in [5.74, 6) is 0.0303. The fourth-order valence-electron chi connectivity index (χ4n) is 1.65. The Morgan fingerprint density at radius 1 is 1.59 bits per heavy atom. The molecule has 1 rings (SSSR count). The van der Waals surface area contributed by atoms with Crippen molar-refractivity contribution in [1.82, 2.24) is 14.3 Å². The zero-order valence-electron chi connectivity index (χ0n) is 10.5. The van der Waals surface area contributed by atoms with Gasteiger partial charge in [-0.05, 0) is 13.3 Å². The van der Waals surface area contributed by atoms with Gasteiger partial charge in [-0.2, -0.15) is 0 Å². The number of hydrogen-bond acceptors (Lipinski definition) is 4. The fourth-order valence-corrected chi connectivity index (χ4v) is 3.17. The Hall–Kier alpha value is -1.08. The lowest BCUT2D eigenvalue weighted by molar-refractivity contribution is 0.528. The Kier molecular flexibility index (Phi) is 4.53. The van der Waals surface area contributed by atoms with E-state index in [1.165, 1.54) is 10.9 Å². The highest BCUT2D eigenvalue weighted by Crippen LogP contribution is 2.16. The molecular weight excluding hydrogens is 240 g/mol. The number of unbranched alkanes of at least 4 members (excludes halogenated alkanes) is 1. The summed E-state index contributed by atoms with van der Waals surface area (Å²) in [7, 11) is -1.98. The van der Waals surface area contributed by atoms with Crippen LogP contribution in [-0.2, 0) is 17.1 Å². The molecule has 0 amide bonds. The third-order valence-corrected chi connectivity index (χ3v) is 4.23. The second-order valence-electron chi connectivity index (χ2n) is 4.21. The highest BCUT2D eigenvalue weighted by Gasteiger charge is 2.23. The Morgan fingerprint density at radius 2 is 2.24 bits per heavy atom. The van der Waals surface area contributed by atoms with Gasteiger partial charge in [-0.1, -0.05) is 19.8 Å². The molecule has 1 atom stereocenters. The van der Waals surface area contributed by atoms with Gasteiger partial charge in [0.25, 0.3) is 10.0 Å². The number of anilines is 1. The van der Waals surface area contributed by atoms with Crippen molar-refractivity contribution in [2.45, 2.75) is 44.2 Å². The number of sulfonamides is 1. The number of rotatable bonds is 6. The molecule has 0 aliphatic heterocycles. The van der Waals surface area contributed by atoms with Gasteiger partial charge in [0.2, 0.25) is 0 Å². The first kappa shape index (κ1) is 14.0. The Labute approximate surface area is 102 Å². The average Bonchev–Trinajstić information content (AvgIpc) is 2.55. The molecule has 0 radical (unpaired) electrons. The molecule has 0 spiro atoms. The van der Waals surface area contributed by atoms with Crippen LogP contribution in [0.25, 0.3) is 0 Å². The van der Waals surface area contributed by atoms with Crippen LogP contribution in [0.3, 0.4) is 0 Å². The first-order valence-corrected chi connectivity index (χ1v) is 7.16. The summed E-state index contributed by atoms with van der Waals surface area (Å²) >= 11 is 0. The number of hydrogen-bond donors (Lipinski definition) is 2. The SMILES string of the molecule is CCCCC(C)NS(=O)(=O)c1c(N)ncn1C. The number of nitrogens with two attached hydrogens (primary N) is 1. The molecule has 1 aromatic rings. The van der Waals surface area contributed by atoms with E-state index in [4.69, 9.17) is 5.73 Å². The quantitative estimate of drug-likeness (QED) is 0.793. The molecule has 6 nitrogen and oxygen atoms in total. The van der Waals surface area contributed by atoms with Crippen LogP contribution in [0.4, 0.5) is 5.82 Å². The Bertz CT molecular complexity index is 447. The summed E-state index contributed by atoms with van der Waals surface area (Å²) in [4.78, 5) is 3.77. The number of nitrogens with zero attached hydrogens (tertiary/aromatic N) is 2. The second kappa shape index (κ2) is 5.50. The van der Waals surface area contributed by atoms with Gasteiger partial charge in [-0.25, -0.2) is 18.1 Å². The van der Waals surface area contributed by atoms with Gasteiger partial charge in [0.1, 0.15) is 0 Å². The molecule has 98 valence electrons. The van der Waals surface area contributed by atoms with Crippen molar-refractivity contribution in [3.05, 3.63) is 6.33 Å². The minimum absolute atomic E-state index is 0.0286. The molecular formula is C10H20N4O2S. The number of imidazole rings is 1. The molecule has 0 bridgehead atoms. The van der Waals surface area contributed by atoms with Crippen LogP contribution in [0, 0.1) is 0 Å². The number of aromatic nitrogens is 2. The van der Waals surface area contributed by atoms with E-state index in [9.17, 15) is 8.42 Å². The van der Waals surface area contributed by atoms with E-state index in [0.717, 1.165) is 19.3 Å². The molecule has 7 heteroatoms. The average molecular weight is 260 g/mol. The fraction of sp³-hybridized carbons (Fsp3) is 0.700. The Balaban J connectivity index is 2.83. The van der Waals surface area contributed by atoms with Crippen LogP contribution in [0.15, 0.2) is 11.4 Å². The molecule has 0 fully saturated rings. The minimum Gasteiger partial charge on any atom is -0.381 e. The van der Waals surface area contributed by atoms with Crippen LogP contribution in [-0.4, -0.2) is 24.0 Å². The van der Waals surface area contributed by atoms with Gasteiger partial charge in [0.15, 0.2) is 10.8 Å². The minimum atomic E-state index is -3.58. The van der Waals surface area contributed by atoms with Gasteiger partial charge in [-0.15, -0.1) is 0 Å². The molecule has 0 aliphatic carbocycles. The molecule has 1 aromatic heterocycles. The lowest BCUT2D eigenvalue weighted by Gasteiger charge is -2.14. The Morgan fingerprint density at radius 3 is 2.71 bits per heavy atom. The van der Waals surface area contributed by atoms with Crippen LogP contribution < -0.4 is 10.5 Å². The normalized spacial score (nSPS) is 13.8. The van der Waals surface area contributed by atoms with E-state index in [2.05, 4.69) is 16.6 Å². The van der Waals surface area contributed by atoms with E-state index in [1.807, 2.05) is 6.92 Å². The van der Waals surface area contributed by atoms with Crippen LogP contribution in [0.1, 0.15) is 33.1 Å². The van der Waals surface area contributed by atoms with E-state index < -0.39 is 10.0 Å². The third kappa shape index (κ3) is 3.44. The number of aryl methyl sites for hydroxylation is 1. The van der Waals surface area contributed by atoms with E-state index >= 15 is 0 Å². The highest BCUT2D eigenvalue weighted by molar-refractivity contribution is 7.89. The van der Waals surface area contributed by atoms with E-state index in [0.29, 0.717) is 0 Å². The van der Waals surface area contributed by atoms with E-state index in [-0.39, 0.29) is 16.9 Å². The predicted octanol–water partition coefficient (Wildman–Crippen LogP) is 0.859. The summed E-state index contributed by atoms with van der Waals surface area (Å²) in [5, 5.41) is 0.0286. The van der Waals surface area contributed by atoms with Crippen molar-refractivity contribution in [3.63, 3.8) is 0 Å². The predicted molar refractivity (Wildman–Crippen MR) is 66.9 cm³/mol. The molecule has 3 N–H and O–H groups in total. The molecule has 1 heterocycles. The van der Waals surface area contributed by atoms with Gasteiger partial charge in [-0.3, -0.25) is 0 Å². The summed E-state index contributed by atoms with van der Waals surface area (Å²) in [6, 6.07) is -0.103. The molecule has 0 saturated carbocycles. The molecule has 0 aliphatic rings. The topological polar surface area (TPSA) is 90.0 Å². The lowest BCUT2D eigenvalue weighted by atomic mass is 10.2. The number of nitrogens with one attached hydrogen (secondary N) is 1. The van der Waals surface area contributed by atoms with Crippen molar-refractivity contribution in [3.8, 4) is 0 Å². The maximum atomic E-state index is 12.1. The first-order valence-electron chi connectivity index (χ1n) is 5.67. The van der Waals surface area contributed by atoms with Crippen molar-refractivity contribution in [2.75, 3.05) is 5.73 Å². The molecule has 17 heavy (non-hydrogen) atoms. The molecule has 0 saturated heterocycles. The zero-order chi connectivity index (χ0) is 13.1. The highest BCUT2D eigenvalue weighted by atomic mass is 32.2. The van der Waals surface area contributed by atoms with Gasteiger partial charge >= 0.3 is 0 Å². The van der Waals surface area contributed by atoms with Crippen molar-refractivity contribution < 1.29 is 8.42 Å². The number of nitrogen functional groups attached to an aromatic ring is 1. The second-order valence-corrected chi connectivity index (χ2v) is 5.84. The van der Waals surface area contributed by atoms with Crippen LogP contribution >= 0.6 is 0 Å². The van der Waals surface area contributed by atoms with Crippen LogP contribution in [0.2, 0.25) is 0 Å². The van der Waals surface area contributed by atoms with Gasteiger partial charge < -0.3 is 10.3 Å². The van der Waals surface area contributed by atoms with E-state index in [1.54, 1.807) is 7.05 Å². The standard InChI is InChI=1S/C10H20N4O2S/c1-4-5-6-8(2)13-17(15,16)10-9(11)12-7-14(10)3/h7-8,13H,4-6,11H2,1-3H3. The third-order valence-electron chi connectivity index (χ3n) is 2.51. The van der Waals surface area contributed by atoms with Crippen LogP contribution in [0.5, 0.6) is 0 Å². The summed E-state index contributed by atoms with van der Waals surface area (Å²) in [6.07, 6.45) is 4.23. The van der Waals surface area contributed by atoms with Crippen molar-refractivity contribution in [1.29, 1.82) is 0 Å². The molecule has 1 unspecified atom stereocenters. The maximum absolute atomic E-state index is 12.1.